The highest BCUT2D eigenvalue weighted by atomic mass is 16.6. The zero-order valence-corrected chi connectivity index (χ0v) is 13.0. The van der Waals surface area contributed by atoms with Crippen molar-refractivity contribution < 1.29 is 9.84 Å². The van der Waals surface area contributed by atoms with Crippen molar-refractivity contribution in [3.63, 3.8) is 0 Å². The molecule has 1 aliphatic carbocycles. The van der Waals surface area contributed by atoms with Gasteiger partial charge in [0.2, 0.25) is 0 Å². The molecule has 1 unspecified atom stereocenters. The Hall–Kier alpha value is -0.600. The SMILES string of the molecule is C=CCC(O)(C=C1CCC(C(C)(C)C)CC1)OCC. The minimum Gasteiger partial charge on any atom is -0.362 e. The summed E-state index contributed by atoms with van der Waals surface area (Å²) in [4.78, 5) is 0. The fraction of sp³-hybridized carbons (Fsp3) is 0.765. The molecule has 0 radical (unpaired) electrons. The van der Waals surface area contributed by atoms with Crippen molar-refractivity contribution in [1.29, 1.82) is 0 Å². The molecule has 110 valence electrons. The van der Waals surface area contributed by atoms with E-state index >= 15 is 0 Å². The molecule has 19 heavy (non-hydrogen) atoms. The van der Waals surface area contributed by atoms with Crippen LogP contribution in [0.15, 0.2) is 24.3 Å². The molecule has 0 aromatic heterocycles. The van der Waals surface area contributed by atoms with E-state index in [1.165, 1.54) is 18.4 Å². The van der Waals surface area contributed by atoms with Gasteiger partial charge in [-0.25, -0.2) is 0 Å². The zero-order valence-electron chi connectivity index (χ0n) is 13.0. The van der Waals surface area contributed by atoms with E-state index in [9.17, 15) is 5.11 Å². The van der Waals surface area contributed by atoms with Gasteiger partial charge < -0.3 is 9.84 Å². The maximum Gasteiger partial charge on any atom is 0.188 e. The van der Waals surface area contributed by atoms with E-state index in [0.29, 0.717) is 18.4 Å². The van der Waals surface area contributed by atoms with Gasteiger partial charge in [0.05, 0.1) is 0 Å². The molecule has 1 N–H and O–H groups in total. The number of rotatable bonds is 5. The number of hydrogen-bond acceptors (Lipinski definition) is 2. The van der Waals surface area contributed by atoms with Gasteiger partial charge in [-0.1, -0.05) is 32.4 Å². The summed E-state index contributed by atoms with van der Waals surface area (Å²) in [6, 6.07) is 0. The monoisotopic (exact) mass is 266 g/mol. The fourth-order valence-electron chi connectivity index (χ4n) is 2.93. The van der Waals surface area contributed by atoms with E-state index in [0.717, 1.165) is 18.8 Å². The van der Waals surface area contributed by atoms with Gasteiger partial charge in [-0.2, -0.15) is 0 Å². The highest BCUT2D eigenvalue weighted by molar-refractivity contribution is 5.12. The van der Waals surface area contributed by atoms with Crippen LogP contribution in [0.2, 0.25) is 0 Å². The van der Waals surface area contributed by atoms with Gasteiger partial charge >= 0.3 is 0 Å². The molecule has 2 nitrogen and oxygen atoms in total. The molecule has 0 saturated heterocycles. The lowest BCUT2D eigenvalue weighted by atomic mass is 9.71. The predicted molar refractivity (Wildman–Crippen MR) is 80.9 cm³/mol. The first-order chi connectivity index (χ1) is 8.80. The van der Waals surface area contributed by atoms with Crippen LogP contribution in [0.4, 0.5) is 0 Å². The highest BCUT2D eigenvalue weighted by Gasteiger charge is 2.29. The summed E-state index contributed by atoms with van der Waals surface area (Å²) >= 11 is 0. The molecule has 0 spiro atoms. The maximum absolute atomic E-state index is 10.4. The summed E-state index contributed by atoms with van der Waals surface area (Å²) in [6.07, 6.45) is 8.68. The number of aliphatic hydroxyl groups is 1. The summed E-state index contributed by atoms with van der Waals surface area (Å²) in [5, 5.41) is 10.4. The van der Waals surface area contributed by atoms with Crippen LogP contribution in [0.25, 0.3) is 0 Å². The van der Waals surface area contributed by atoms with Crippen LogP contribution >= 0.6 is 0 Å². The second-order valence-electron chi connectivity index (χ2n) is 6.71. The fourth-order valence-corrected chi connectivity index (χ4v) is 2.93. The zero-order chi connectivity index (χ0) is 14.5. The molecule has 0 bridgehead atoms. The second kappa shape index (κ2) is 6.71. The molecule has 0 aromatic carbocycles. The molecular formula is C17H30O2. The molecule has 2 heteroatoms. The Morgan fingerprint density at radius 3 is 2.32 bits per heavy atom. The third-order valence-electron chi connectivity index (χ3n) is 4.11. The van der Waals surface area contributed by atoms with E-state index in [1.807, 2.05) is 13.0 Å². The lowest BCUT2D eigenvalue weighted by Gasteiger charge is -2.35. The van der Waals surface area contributed by atoms with Gasteiger partial charge in [-0.15, -0.1) is 6.58 Å². The average molecular weight is 266 g/mol. The Bertz CT molecular complexity index is 315. The minimum atomic E-state index is -1.15. The molecule has 1 fully saturated rings. The molecule has 0 aliphatic heterocycles. The minimum absolute atomic E-state index is 0.392. The van der Waals surface area contributed by atoms with Crippen LogP contribution in [0, 0.1) is 11.3 Å². The smallest absolute Gasteiger partial charge is 0.188 e. The van der Waals surface area contributed by atoms with E-state index in [-0.39, 0.29) is 0 Å². The van der Waals surface area contributed by atoms with Crippen LogP contribution in [0.5, 0.6) is 0 Å². The van der Waals surface area contributed by atoms with Crippen molar-refractivity contribution in [1.82, 2.24) is 0 Å². The van der Waals surface area contributed by atoms with E-state index in [1.54, 1.807) is 6.08 Å². The number of ether oxygens (including phenoxy) is 1. The lowest BCUT2D eigenvalue weighted by molar-refractivity contribution is -0.161. The van der Waals surface area contributed by atoms with Crippen LogP contribution in [0.3, 0.4) is 0 Å². The number of allylic oxidation sites excluding steroid dienone is 1. The van der Waals surface area contributed by atoms with Crippen molar-refractivity contribution in [2.24, 2.45) is 11.3 Å². The van der Waals surface area contributed by atoms with Crippen molar-refractivity contribution in [3.8, 4) is 0 Å². The van der Waals surface area contributed by atoms with Crippen LogP contribution in [0.1, 0.15) is 59.8 Å². The normalized spacial score (nSPS) is 23.8. The van der Waals surface area contributed by atoms with Crippen molar-refractivity contribution in [3.05, 3.63) is 24.3 Å². The largest absolute Gasteiger partial charge is 0.362 e. The molecule has 1 rings (SSSR count). The average Bonchev–Trinajstić information content (AvgIpc) is 2.28. The molecule has 0 amide bonds. The van der Waals surface area contributed by atoms with E-state index in [2.05, 4.69) is 27.4 Å². The number of hydrogen-bond donors (Lipinski definition) is 1. The Labute approximate surface area is 118 Å². The quantitative estimate of drug-likeness (QED) is 0.588. The summed E-state index contributed by atoms with van der Waals surface area (Å²) in [5.41, 5.74) is 1.72. The Balaban J connectivity index is 2.66. The van der Waals surface area contributed by atoms with E-state index in [4.69, 9.17) is 4.74 Å². The van der Waals surface area contributed by atoms with Crippen LogP contribution in [-0.2, 0) is 4.74 Å². The summed E-state index contributed by atoms with van der Waals surface area (Å²) in [6.45, 7) is 13.1. The van der Waals surface area contributed by atoms with E-state index < -0.39 is 5.79 Å². The van der Waals surface area contributed by atoms with Gasteiger partial charge in [0.25, 0.3) is 0 Å². The topological polar surface area (TPSA) is 29.5 Å². The summed E-state index contributed by atoms with van der Waals surface area (Å²) < 4.78 is 5.47. The Morgan fingerprint density at radius 1 is 1.32 bits per heavy atom. The first kappa shape index (κ1) is 16.5. The predicted octanol–water partition coefficient (Wildman–Crippen LogP) is 4.45. The molecule has 1 saturated carbocycles. The molecule has 0 aromatic rings. The lowest BCUT2D eigenvalue weighted by Crippen LogP contribution is -2.30. The molecular weight excluding hydrogens is 236 g/mol. The van der Waals surface area contributed by atoms with Gasteiger partial charge in [0, 0.05) is 13.0 Å². The third kappa shape index (κ3) is 5.12. The Morgan fingerprint density at radius 2 is 1.89 bits per heavy atom. The second-order valence-corrected chi connectivity index (χ2v) is 6.71. The first-order valence-electron chi connectivity index (χ1n) is 7.48. The van der Waals surface area contributed by atoms with Gasteiger partial charge in [0.1, 0.15) is 0 Å². The summed E-state index contributed by atoms with van der Waals surface area (Å²) in [5.74, 6) is -0.371. The molecule has 1 aliphatic rings. The van der Waals surface area contributed by atoms with Gasteiger partial charge in [0.15, 0.2) is 5.79 Å². The van der Waals surface area contributed by atoms with Crippen molar-refractivity contribution in [2.45, 2.75) is 65.6 Å². The van der Waals surface area contributed by atoms with Gasteiger partial charge in [-0.3, -0.25) is 0 Å². The first-order valence-corrected chi connectivity index (χ1v) is 7.48. The third-order valence-corrected chi connectivity index (χ3v) is 4.11. The van der Waals surface area contributed by atoms with Crippen LogP contribution in [-0.4, -0.2) is 17.5 Å². The standard InChI is InChI=1S/C17H30O2/c1-6-12-17(18,19-7-2)13-14-8-10-15(11-9-14)16(3,4)5/h6,13,15,18H,1,7-12H2,2-5H3. The maximum atomic E-state index is 10.4. The Kier molecular flexibility index (Phi) is 5.82. The summed E-state index contributed by atoms with van der Waals surface area (Å²) in [7, 11) is 0. The molecule has 0 heterocycles. The van der Waals surface area contributed by atoms with Crippen molar-refractivity contribution in [2.75, 3.05) is 6.61 Å². The van der Waals surface area contributed by atoms with Crippen LogP contribution < -0.4 is 0 Å². The highest BCUT2D eigenvalue weighted by Crippen LogP contribution is 2.40. The van der Waals surface area contributed by atoms with Crippen molar-refractivity contribution >= 4 is 0 Å². The van der Waals surface area contributed by atoms with Gasteiger partial charge in [-0.05, 0) is 50.0 Å². The molecule has 1 atom stereocenters.